The Labute approximate surface area is 147 Å². The highest BCUT2D eigenvalue weighted by Gasteiger charge is 2.23. The Bertz CT molecular complexity index is 434. The average molecular weight is 341 g/mol. The molecule has 1 amide bonds. The van der Waals surface area contributed by atoms with Crippen LogP contribution in [0.25, 0.3) is 0 Å². The quantitative estimate of drug-likeness (QED) is 0.627. The van der Waals surface area contributed by atoms with Crippen LogP contribution in [-0.2, 0) is 10.2 Å². The fourth-order valence-corrected chi connectivity index (χ4v) is 2.95. The zero-order valence-electron chi connectivity index (χ0n) is 14.8. The van der Waals surface area contributed by atoms with E-state index in [1.807, 2.05) is 6.07 Å². The zero-order valence-corrected chi connectivity index (χ0v) is 15.6. The third-order valence-corrected chi connectivity index (χ3v) is 4.14. The average Bonchev–Trinajstić information content (AvgIpc) is 2.47. The van der Waals surface area contributed by atoms with E-state index < -0.39 is 0 Å². The molecule has 0 aliphatic rings. The molecule has 1 rings (SSSR count). The Morgan fingerprint density at radius 2 is 1.74 bits per heavy atom. The topological polar surface area (TPSA) is 55.1 Å². The van der Waals surface area contributed by atoms with Gasteiger partial charge in [0.25, 0.3) is 0 Å². The molecule has 0 spiro atoms. The molecule has 4 heteroatoms. The molecule has 1 aromatic rings. The lowest BCUT2D eigenvalue weighted by Crippen LogP contribution is -2.37. The summed E-state index contributed by atoms with van der Waals surface area (Å²) in [4.78, 5) is 12.0. The van der Waals surface area contributed by atoms with Crippen molar-refractivity contribution in [2.75, 3.05) is 6.54 Å². The molecule has 0 bridgehead atoms. The standard InChI is InChI=1S/C19H32N2O.ClH/c1-16(21-18(22)13-9-4-5-10-14-20)15-19(2,3)17-11-7-6-8-12-17;/h6-8,11-12,16H,4-5,9-10,13-15,20H2,1-3H3,(H,21,22);1H. The Morgan fingerprint density at radius 3 is 2.35 bits per heavy atom. The molecule has 0 radical (unpaired) electrons. The summed E-state index contributed by atoms with van der Waals surface area (Å²) in [6.45, 7) is 7.31. The third-order valence-electron chi connectivity index (χ3n) is 4.14. The summed E-state index contributed by atoms with van der Waals surface area (Å²) in [6, 6.07) is 10.7. The van der Waals surface area contributed by atoms with Gasteiger partial charge in [-0.2, -0.15) is 0 Å². The maximum atomic E-state index is 12.0. The SMILES string of the molecule is CC(CC(C)(C)c1ccccc1)NC(=O)CCCCCCN.Cl. The molecule has 3 nitrogen and oxygen atoms in total. The third kappa shape index (κ3) is 8.97. The number of nitrogens with one attached hydrogen (secondary N) is 1. The van der Waals surface area contributed by atoms with Crippen LogP contribution in [0.4, 0.5) is 0 Å². The van der Waals surface area contributed by atoms with E-state index in [4.69, 9.17) is 5.73 Å². The highest BCUT2D eigenvalue weighted by atomic mass is 35.5. The molecule has 0 aliphatic carbocycles. The van der Waals surface area contributed by atoms with Gasteiger partial charge in [-0.3, -0.25) is 4.79 Å². The van der Waals surface area contributed by atoms with Crippen molar-refractivity contribution in [3.05, 3.63) is 35.9 Å². The van der Waals surface area contributed by atoms with Gasteiger partial charge in [-0.1, -0.05) is 57.0 Å². The highest BCUT2D eigenvalue weighted by molar-refractivity contribution is 5.85. The van der Waals surface area contributed by atoms with Gasteiger partial charge in [-0.05, 0) is 43.7 Å². The molecule has 0 aromatic heterocycles. The van der Waals surface area contributed by atoms with Crippen LogP contribution in [0.15, 0.2) is 30.3 Å². The summed E-state index contributed by atoms with van der Waals surface area (Å²) < 4.78 is 0. The van der Waals surface area contributed by atoms with Crippen LogP contribution in [0.3, 0.4) is 0 Å². The van der Waals surface area contributed by atoms with Crippen LogP contribution in [0, 0.1) is 0 Å². The van der Waals surface area contributed by atoms with E-state index in [9.17, 15) is 4.79 Å². The molecule has 1 atom stereocenters. The van der Waals surface area contributed by atoms with Gasteiger partial charge in [-0.25, -0.2) is 0 Å². The van der Waals surface area contributed by atoms with Crippen molar-refractivity contribution in [3.8, 4) is 0 Å². The molecule has 1 aromatic carbocycles. The van der Waals surface area contributed by atoms with Gasteiger partial charge in [0.1, 0.15) is 0 Å². The first-order chi connectivity index (χ1) is 10.5. The van der Waals surface area contributed by atoms with E-state index in [1.54, 1.807) is 0 Å². The fourth-order valence-electron chi connectivity index (χ4n) is 2.95. The van der Waals surface area contributed by atoms with Crippen LogP contribution in [0.2, 0.25) is 0 Å². The number of hydrogen-bond acceptors (Lipinski definition) is 2. The smallest absolute Gasteiger partial charge is 0.220 e. The normalized spacial score (nSPS) is 12.3. The summed E-state index contributed by atoms with van der Waals surface area (Å²) in [6.07, 6.45) is 5.80. The van der Waals surface area contributed by atoms with E-state index in [0.29, 0.717) is 6.42 Å². The lowest BCUT2D eigenvalue weighted by atomic mass is 9.79. The van der Waals surface area contributed by atoms with Crippen LogP contribution in [-0.4, -0.2) is 18.5 Å². The van der Waals surface area contributed by atoms with Gasteiger partial charge < -0.3 is 11.1 Å². The Balaban J connectivity index is 0.00000484. The molecular formula is C19H33ClN2O. The number of hydrogen-bond donors (Lipinski definition) is 2. The maximum absolute atomic E-state index is 12.0. The predicted octanol–water partition coefficient (Wildman–Crippen LogP) is 4.19. The van der Waals surface area contributed by atoms with Crippen LogP contribution in [0.5, 0.6) is 0 Å². The van der Waals surface area contributed by atoms with E-state index >= 15 is 0 Å². The van der Waals surface area contributed by atoms with Gasteiger partial charge in [0.15, 0.2) is 0 Å². The Kier molecular flexibility index (Phi) is 10.9. The van der Waals surface area contributed by atoms with Crippen molar-refractivity contribution in [1.29, 1.82) is 0 Å². The van der Waals surface area contributed by atoms with E-state index in [0.717, 1.165) is 38.6 Å². The molecule has 0 fully saturated rings. The monoisotopic (exact) mass is 340 g/mol. The molecule has 0 heterocycles. The molecular weight excluding hydrogens is 308 g/mol. The van der Waals surface area contributed by atoms with Crippen molar-refractivity contribution in [2.45, 2.75) is 70.8 Å². The van der Waals surface area contributed by atoms with Crippen molar-refractivity contribution >= 4 is 18.3 Å². The van der Waals surface area contributed by atoms with E-state index in [1.165, 1.54) is 5.56 Å². The molecule has 0 aliphatic heterocycles. The number of nitrogens with two attached hydrogens (primary N) is 1. The first-order valence-electron chi connectivity index (χ1n) is 8.50. The van der Waals surface area contributed by atoms with Crippen molar-refractivity contribution in [2.24, 2.45) is 5.73 Å². The van der Waals surface area contributed by atoms with Gasteiger partial charge in [-0.15, -0.1) is 12.4 Å². The number of amides is 1. The maximum Gasteiger partial charge on any atom is 0.220 e. The first-order valence-corrected chi connectivity index (χ1v) is 8.50. The van der Waals surface area contributed by atoms with Gasteiger partial charge in [0.2, 0.25) is 5.91 Å². The second-order valence-corrected chi connectivity index (χ2v) is 6.88. The summed E-state index contributed by atoms with van der Waals surface area (Å²) >= 11 is 0. The molecule has 132 valence electrons. The van der Waals surface area contributed by atoms with E-state index in [2.05, 4.69) is 50.4 Å². The predicted molar refractivity (Wildman–Crippen MR) is 101 cm³/mol. The lowest BCUT2D eigenvalue weighted by molar-refractivity contribution is -0.121. The van der Waals surface area contributed by atoms with Crippen molar-refractivity contribution in [1.82, 2.24) is 5.32 Å². The number of carbonyl (C=O) groups excluding carboxylic acids is 1. The second kappa shape index (κ2) is 11.5. The highest BCUT2D eigenvalue weighted by Crippen LogP contribution is 2.28. The number of benzene rings is 1. The number of carbonyl (C=O) groups is 1. The molecule has 1 unspecified atom stereocenters. The minimum Gasteiger partial charge on any atom is -0.354 e. The number of unbranched alkanes of at least 4 members (excludes halogenated alkanes) is 3. The van der Waals surface area contributed by atoms with Gasteiger partial charge >= 0.3 is 0 Å². The summed E-state index contributed by atoms with van der Waals surface area (Å²) in [5.41, 5.74) is 6.85. The van der Waals surface area contributed by atoms with Gasteiger partial charge in [0, 0.05) is 12.5 Å². The minimum atomic E-state index is 0. The molecule has 23 heavy (non-hydrogen) atoms. The number of halogens is 1. The summed E-state index contributed by atoms with van der Waals surface area (Å²) in [5, 5.41) is 3.13. The van der Waals surface area contributed by atoms with Crippen molar-refractivity contribution in [3.63, 3.8) is 0 Å². The Hall–Kier alpha value is -1.06. The molecule has 0 saturated heterocycles. The molecule has 0 saturated carbocycles. The van der Waals surface area contributed by atoms with Crippen LogP contribution in [0.1, 0.15) is 64.9 Å². The van der Waals surface area contributed by atoms with Crippen molar-refractivity contribution < 1.29 is 4.79 Å². The lowest BCUT2D eigenvalue weighted by Gasteiger charge is -2.29. The second-order valence-electron chi connectivity index (χ2n) is 6.88. The van der Waals surface area contributed by atoms with Crippen LogP contribution < -0.4 is 11.1 Å². The van der Waals surface area contributed by atoms with E-state index in [-0.39, 0.29) is 29.8 Å². The summed E-state index contributed by atoms with van der Waals surface area (Å²) in [7, 11) is 0. The zero-order chi connectivity index (χ0) is 16.4. The van der Waals surface area contributed by atoms with Crippen LogP contribution >= 0.6 is 12.4 Å². The number of rotatable bonds is 10. The van der Waals surface area contributed by atoms with Gasteiger partial charge in [0.05, 0.1) is 0 Å². The first kappa shape index (κ1) is 21.9. The Morgan fingerprint density at radius 1 is 1.13 bits per heavy atom. The fraction of sp³-hybridized carbons (Fsp3) is 0.632. The summed E-state index contributed by atoms with van der Waals surface area (Å²) in [5.74, 6) is 0.170. The minimum absolute atomic E-state index is 0. The largest absolute Gasteiger partial charge is 0.354 e. The molecule has 3 N–H and O–H groups in total.